The van der Waals surface area contributed by atoms with Gasteiger partial charge < -0.3 is 15.7 Å². The number of nitrogens with one attached hydrogen (secondary N) is 2. The number of carbonyl (C=O) groups is 3. The number of hydrogen-bond donors (Lipinski definition) is 3. The van der Waals surface area contributed by atoms with Gasteiger partial charge in [-0.3, -0.25) is 19.1 Å². The minimum absolute atomic E-state index is 0.224. The first kappa shape index (κ1) is 20.6. The average molecular weight is 398 g/mol. The Morgan fingerprint density at radius 1 is 1.17 bits per heavy atom. The van der Waals surface area contributed by atoms with Gasteiger partial charge >= 0.3 is 5.97 Å². The van der Waals surface area contributed by atoms with Crippen LogP contribution >= 0.6 is 0 Å². The van der Waals surface area contributed by atoms with E-state index in [4.69, 9.17) is 5.11 Å². The molecule has 8 heteroatoms. The second-order valence-electron chi connectivity index (χ2n) is 7.48. The van der Waals surface area contributed by atoms with E-state index in [-0.39, 0.29) is 11.9 Å². The fraction of sp³-hybridized carbons (Fsp3) is 0.429. The molecule has 0 saturated heterocycles. The highest BCUT2D eigenvalue weighted by Crippen LogP contribution is 2.42. The number of rotatable bonds is 8. The summed E-state index contributed by atoms with van der Waals surface area (Å²) >= 11 is 0. The SMILES string of the molecule is CCC(C)n1ncc(C(=O)Nc2ccc(C(=O)NC(C)C(=O)O)cc2)c1C1CC1. The van der Waals surface area contributed by atoms with Crippen molar-refractivity contribution >= 4 is 23.5 Å². The Bertz CT molecular complexity index is 915. The van der Waals surface area contributed by atoms with Gasteiger partial charge in [0.1, 0.15) is 6.04 Å². The predicted molar refractivity (Wildman–Crippen MR) is 108 cm³/mol. The lowest BCUT2D eigenvalue weighted by Crippen LogP contribution is -2.38. The third-order valence-electron chi connectivity index (χ3n) is 5.17. The lowest BCUT2D eigenvalue weighted by molar-refractivity contribution is -0.138. The van der Waals surface area contributed by atoms with Crippen LogP contribution in [0.4, 0.5) is 5.69 Å². The lowest BCUT2D eigenvalue weighted by Gasteiger charge is -2.14. The van der Waals surface area contributed by atoms with Gasteiger partial charge in [0.15, 0.2) is 0 Å². The summed E-state index contributed by atoms with van der Waals surface area (Å²) in [6.07, 6.45) is 4.71. The molecule has 3 N–H and O–H groups in total. The summed E-state index contributed by atoms with van der Waals surface area (Å²) in [6, 6.07) is 5.58. The summed E-state index contributed by atoms with van der Waals surface area (Å²) in [6.45, 7) is 5.58. The van der Waals surface area contributed by atoms with Crippen molar-refractivity contribution in [1.82, 2.24) is 15.1 Å². The Balaban J connectivity index is 1.71. The van der Waals surface area contributed by atoms with Crippen LogP contribution in [-0.4, -0.2) is 38.7 Å². The maximum atomic E-state index is 12.8. The van der Waals surface area contributed by atoms with E-state index in [1.54, 1.807) is 30.5 Å². The highest BCUT2D eigenvalue weighted by molar-refractivity contribution is 6.05. The number of carboxylic acid groups (broad SMARTS) is 1. The second kappa shape index (κ2) is 8.46. The first-order valence-corrected chi connectivity index (χ1v) is 9.84. The number of nitrogens with zero attached hydrogens (tertiary/aromatic N) is 2. The van der Waals surface area contributed by atoms with Crippen LogP contribution < -0.4 is 10.6 Å². The van der Waals surface area contributed by atoms with Crippen molar-refractivity contribution in [3.8, 4) is 0 Å². The summed E-state index contributed by atoms with van der Waals surface area (Å²) < 4.78 is 1.96. The molecule has 1 saturated carbocycles. The minimum Gasteiger partial charge on any atom is -0.480 e. The van der Waals surface area contributed by atoms with Gasteiger partial charge in [-0.15, -0.1) is 0 Å². The molecule has 1 aromatic carbocycles. The number of carboxylic acids is 1. The van der Waals surface area contributed by atoms with Crippen molar-refractivity contribution in [2.75, 3.05) is 5.32 Å². The molecular formula is C21H26N4O4. The topological polar surface area (TPSA) is 113 Å². The zero-order valence-corrected chi connectivity index (χ0v) is 16.8. The van der Waals surface area contributed by atoms with Crippen molar-refractivity contribution < 1.29 is 19.5 Å². The molecule has 0 bridgehead atoms. The zero-order chi connectivity index (χ0) is 21.1. The van der Waals surface area contributed by atoms with Crippen molar-refractivity contribution in [3.05, 3.63) is 47.3 Å². The maximum absolute atomic E-state index is 12.8. The largest absolute Gasteiger partial charge is 0.480 e. The molecule has 1 fully saturated rings. The van der Waals surface area contributed by atoms with E-state index in [9.17, 15) is 14.4 Å². The molecule has 2 atom stereocenters. The van der Waals surface area contributed by atoms with Crippen LogP contribution in [0.1, 0.15) is 78.4 Å². The third-order valence-corrected chi connectivity index (χ3v) is 5.17. The van der Waals surface area contributed by atoms with Gasteiger partial charge in [-0.2, -0.15) is 5.10 Å². The van der Waals surface area contributed by atoms with E-state index >= 15 is 0 Å². The Morgan fingerprint density at radius 3 is 2.38 bits per heavy atom. The normalized spacial score (nSPS) is 15.4. The summed E-state index contributed by atoms with van der Waals surface area (Å²) in [5.74, 6) is -1.43. The molecule has 1 aliphatic carbocycles. The van der Waals surface area contributed by atoms with Gasteiger partial charge in [0, 0.05) is 23.2 Å². The highest BCUT2D eigenvalue weighted by atomic mass is 16.4. The number of anilines is 1. The van der Waals surface area contributed by atoms with Crippen LogP contribution in [0.25, 0.3) is 0 Å². The highest BCUT2D eigenvalue weighted by Gasteiger charge is 2.33. The molecule has 3 rings (SSSR count). The molecule has 0 spiro atoms. The monoisotopic (exact) mass is 398 g/mol. The van der Waals surface area contributed by atoms with Crippen LogP contribution in [0.15, 0.2) is 30.5 Å². The first-order chi connectivity index (χ1) is 13.8. The first-order valence-electron chi connectivity index (χ1n) is 9.84. The Kier molecular flexibility index (Phi) is 6.00. The predicted octanol–water partition coefficient (Wildman–Crippen LogP) is 3.19. The van der Waals surface area contributed by atoms with E-state index in [1.165, 1.54) is 6.92 Å². The molecule has 1 aromatic heterocycles. The number of carbonyl (C=O) groups excluding carboxylic acids is 2. The fourth-order valence-electron chi connectivity index (χ4n) is 3.08. The Morgan fingerprint density at radius 2 is 1.83 bits per heavy atom. The van der Waals surface area contributed by atoms with Crippen LogP contribution in [0.5, 0.6) is 0 Å². The van der Waals surface area contributed by atoms with E-state index in [1.807, 2.05) is 4.68 Å². The standard InChI is InChI=1S/C21H26N4O4/c1-4-12(2)25-18(14-5-6-14)17(11-22-25)20(27)24-16-9-7-15(8-10-16)19(26)23-13(3)21(28)29/h7-14H,4-6H2,1-3H3,(H,23,26)(H,24,27)(H,28,29). The molecule has 0 radical (unpaired) electrons. The van der Waals surface area contributed by atoms with Crippen LogP contribution in [-0.2, 0) is 4.79 Å². The van der Waals surface area contributed by atoms with Crippen LogP contribution in [0.2, 0.25) is 0 Å². The van der Waals surface area contributed by atoms with Crippen molar-refractivity contribution in [2.45, 2.75) is 58.0 Å². The summed E-state index contributed by atoms with van der Waals surface area (Å²) in [5.41, 5.74) is 2.45. The quantitative estimate of drug-likeness (QED) is 0.632. The maximum Gasteiger partial charge on any atom is 0.325 e. The van der Waals surface area contributed by atoms with Crippen molar-refractivity contribution in [1.29, 1.82) is 0 Å². The number of aromatic nitrogens is 2. The van der Waals surface area contributed by atoms with E-state index in [0.29, 0.717) is 22.7 Å². The van der Waals surface area contributed by atoms with Gasteiger partial charge in [-0.25, -0.2) is 0 Å². The Hall–Kier alpha value is -3.16. The number of amides is 2. The number of benzene rings is 1. The van der Waals surface area contributed by atoms with E-state index in [2.05, 4.69) is 29.6 Å². The van der Waals surface area contributed by atoms with Gasteiger partial charge in [-0.1, -0.05) is 6.92 Å². The van der Waals surface area contributed by atoms with Crippen molar-refractivity contribution in [2.24, 2.45) is 0 Å². The molecule has 1 heterocycles. The van der Waals surface area contributed by atoms with Gasteiger partial charge in [-0.05, 0) is 57.4 Å². The molecule has 1 aliphatic rings. The molecule has 2 unspecified atom stereocenters. The molecular weight excluding hydrogens is 372 g/mol. The molecule has 0 aliphatic heterocycles. The summed E-state index contributed by atoms with van der Waals surface area (Å²) in [5, 5.41) is 18.6. The number of aliphatic carboxylic acids is 1. The van der Waals surface area contributed by atoms with Gasteiger partial charge in [0.2, 0.25) is 0 Å². The molecule has 29 heavy (non-hydrogen) atoms. The summed E-state index contributed by atoms with van der Waals surface area (Å²) in [7, 11) is 0. The third kappa shape index (κ3) is 4.64. The van der Waals surface area contributed by atoms with E-state index < -0.39 is 17.9 Å². The zero-order valence-electron chi connectivity index (χ0n) is 16.8. The minimum atomic E-state index is -1.10. The molecule has 154 valence electrons. The molecule has 2 aromatic rings. The van der Waals surface area contributed by atoms with Crippen LogP contribution in [0.3, 0.4) is 0 Å². The van der Waals surface area contributed by atoms with Crippen molar-refractivity contribution in [3.63, 3.8) is 0 Å². The van der Waals surface area contributed by atoms with Gasteiger partial charge in [0.05, 0.1) is 17.5 Å². The summed E-state index contributed by atoms with van der Waals surface area (Å²) in [4.78, 5) is 35.7. The lowest BCUT2D eigenvalue weighted by atomic mass is 10.1. The molecule has 2 amide bonds. The second-order valence-corrected chi connectivity index (χ2v) is 7.48. The molecule has 8 nitrogen and oxygen atoms in total. The smallest absolute Gasteiger partial charge is 0.325 e. The van der Waals surface area contributed by atoms with Crippen LogP contribution in [0, 0.1) is 0 Å². The average Bonchev–Trinajstić information content (AvgIpc) is 3.45. The Labute approximate surface area is 169 Å². The number of hydrogen-bond acceptors (Lipinski definition) is 4. The van der Waals surface area contributed by atoms with E-state index in [0.717, 1.165) is 25.0 Å². The van der Waals surface area contributed by atoms with Gasteiger partial charge in [0.25, 0.3) is 11.8 Å². The fourth-order valence-corrected chi connectivity index (χ4v) is 3.08.